The van der Waals surface area contributed by atoms with Gasteiger partial charge in [0, 0.05) is 26.6 Å². The zero-order valence-electron chi connectivity index (χ0n) is 11.4. The Morgan fingerprint density at radius 3 is 2.79 bits per heavy atom. The molecule has 1 heterocycles. The van der Waals surface area contributed by atoms with Crippen LogP contribution in [0.25, 0.3) is 0 Å². The lowest BCUT2D eigenvalue weighted by Gasteiger charge is -2.33. The van der Waals surface area contributed by atoms with Crippen LogP contribution in [0.15, 0.2) is 18.3 Å². The molecule has 0 radical (unpaired) electrons. The normalized spacial score (nSPS) is 21.2. The fourth-order valence-electron chi connectivity index (χ4n) is 1.80. The van der Waals surface area contributed by atoms with E-state index in [4.69, 9.17) is 14.2 Å². The lowest BCUT2D eigenvalue weighted by Crippen LogP contribution is -2.38. The molecule has 1 fully saturated rings. The van der Waals surface area contributed by atoms with Crippen molar-refractivity contribution in [1.82, 2.24) is 4.98 Å². The molecule has 0 atom stereocenters. The van der Waals surface area contributed by atoms with Gasteiger partial charge in [-0.3, -0.25) is 0 Å². The van der Waals surface area contributed by atoms with Crippen molar-refractivity contribution in [3.8, 4) is 17.6 Å². The van der Waals surface area contributed by atoms with Crippen molar-refractivity contribution in [1.29, 1.82) is 0 Å². The van der Waals surface area contributed by atoms with Gasteiger partial charge in [-0.05, 0) is 25.0 Å². The highest BCUT2D eigenvalue weighted by atomic mass is 16.5. The SMILES string of the molecule is CCOCC#Cc1ccc(OC2CC(OC)C2)cn1. The Labute approximate surface area is 114 Å². The molecule has 1 saturated carbocycles. The van der Waals surface area contributed by atoms with Gasteiger partial charge in [-0.2, -0.15) is 0 Å². The minimum atomic E-state index is 0.252. The Morgan fingerprint density at radius 1 is 1.32 bits per heavy atom. The third kappa shape index (κ3) is 4.23. The smallest absolute Gasteiger partial charge is 0.138 e. The molecule has 0 N–H and O–H groups in total. The lowest BCUT2D eigenvalue weighted by atomic mass is 9.92. The van der Waals surface area contributed by atoms with Gasteiger partial charge in [0.05, 0.1) is 12.3 Å². The molecule has 0 spiro atoms. The molecule has 0 aromatic carbocycles. The first-order chi connectivity index (χ1) is 9.31. The van der Waals surface area contributed by atoms with Crippen molar-refractivity contribution in [2.75, 3.05) is 20.3 Å². The van der Waals surface area contributed by atoms with E-state index in [-0.39, 0.29) is 6.10 Å². The van der Waals surface area contributed by atoms with Crippen molar-refractivity contribution in [2.24, 2.45) is 0 Å². The highest BCUT2D eigenvalue weighted by Crippen LogP contribution is 2.27. The molecule has 0 saturated heterocycles. The van der Waals surface area contributed by atoms with Gasteiger partial charge in [-0.15, -0.1) is 0 Å². The van der Waals surface area contributed by atoms with Gasteiger partial charge in [0.2, 0.25) is 0 Å². The molecule has 102 valence electrons. The van der Waals surface area contributed by atoms with Crippen LogP contribution >= 0.6 is 0 Å². The predicted molar refractivity (Wildman–Crippen MR) is 72.1 cm³/mol. The fraction of sp³-hybridized carbons (Fsp3) is 0.533. The van der Waals surface area contributed by atoms with Crippen LogP contribution in [0, 0.1) is 11.8 Å². The molecular formula is C15H19NO3. The summed E-state index contributed by atoms with van der Waals surface area (Å²) in [6.45, 7) is 3.07. The summed E-state index contributed by atoms with van der Waals surface area (Å²) in [5.74, 6) is 6.64. The lowest BCUT2D eigenvalue weighted by molar-refractivity contribution is -0.0382. The summed E-state index contributed by atoms with van der Waals surface area (Å²) < 4.78 is 16.1. The highest BCUT2D eigenvalue weighted by molar-refractivity contribution is 5.31. The van der Waals surface area contributed by atoms with Gasteiger partial charge in [0.25, 0.3) is 0 Å². The molecular weight excluding hydrogens is 242 g/mol. The third-order valence-corrected chi connectivity index (χ3v) is 3.02. The molecule has 2 rings (SSSR count). The summed E-state index contributed by atoms with van der Waals surface area (Å²) in [4.78, 5) is 4.24. The third-order valence-electron chi connectivity index (χ3n) is 3.02. The van der Waals surface area contributed by atoms with Crippen molar-refractivity contribution < 1.29 is 14.2 Å². The van der Waals surface area contributed by atoms with E-state index in [0.717, 1.165) is 24.3 Å². The quantitative estimate of drug-likeness (QED) is 0.600. The average molecular weight is 261 g/mol. The molecule has 19 heavy (non-hydrogen) atoms. The number of methoxy groups -OCH3 is 1. The highest BCUT2D eigenvalue weighted by Gasteiger charge is 2.30. The number of pyridine rings is 1. The summed E-state index contributed by atoms with van der Waals surface area (Å²) >= 11 is 0. The molecule has 0 unspecified atom stereocenters. The fourth-order valence-corrected chi connectivity index (χ4v) is 1.80. The molecule has 4 nitrogen and oxygen atoms in total. The van der Waals surface area contributed by atoms with Crippen LogP contribution in [0.3, 0.4) is 0 Å². The van der Waals surface area contributed by atoms with Crippen LogP contribution in [-0.2, 0) is 9.47 Å². The molecule has 0 aliphatic heterocycles. The van der Waals surface area contributed by atoms with Crippen LogP contribution < -0.4 is 4.74 Å². The van der Waals surface area contributed by atoms with Gasteiger partial charge in [0.1, 0.15) is 24.2 Å². The molecule has 1 aromatic rings. The second kappa shape index (κ2) is 7.13. The molecule has 0 amide bonds. The molecule has 0 bridgehead atoms. The number of hydrogen-bond acceptors (Lipinski definition) is 4. The Hall–Kier alpha value is -1.57. The minimum Gasteiger partial charge on any atom is -0.489 e. The van der Waals surface area contributed by atoms with Crippen molar-refractivity contribution in [2.45, 2.75) is 32.0 Å². The van der Waals surface area contributed by atoms with Gasteiger partial charge >= 0.3 is 0 Å². The van der Waals surface area contributed by atoms with Crippen molar-refractivity contribution >= 4 is 0 Å². The second-order valence-electron chi connectivity index (χ2n) is 4.39. The van der Waals surface area contributed by atoms with Gasteiger partial charge in [-0.25, -0.2) is 4.98 Å². The average Bonchev–Trinajstić information content (AvgIpc) is 2.40. The maximum atomic E-state index is 5.77. The van der Waals surface area contributed by atoms with Crippen LogP contribution in [0.5, 0.6) is 5.75 Å². The first-order valence-electron chi connectivity index (χ1n) is 6.54. The maximum absolute atomic E-state index is 5.77. The largest absolute Gasteiger partial charge is 0.489 e. The topological polar surface area (TPSA) is 40.6 Å². The van der Waals surface area contributed by atoms with E-state index in [1.165, 1.54) is 0 Å². The Balaban J connectivity index is 1.79. The second-order valence-corrected chi connectivity index (χ2v) is 4.39. The van der Waals surface area contributed by atoms with E-state index in [1.54, 1.807) is 13.3 Å². The molecule has 1 aromatic heterocycles. The van der Waals surface area contributed by atoms with Crippen LogP contribution in [0.1, 0.15) is 25.5 Å². The summed E-state index contributed by atoms with van der Waals surface area (Å²) in [5, 5.41) is 0. The molecule has 1 aliphatic carbocycles. The van der Waals surface area contributed by atoms with E-state index >= 15 is 0 Å². The zero-order chi connectivity index (χ0) is 13.5. The first kappa shape index (κ1) is 13.9. The molecule has 4 heteroatoms. The number of rotatable bonds is 5. The molecule has 1 aliphatic rings. The van der Waals surface area contributed by atoms with Crippen molar-refractivity contribution in [3.05, 3.63) is 24.0 Å². The first-order valence-corrected chi connectivity index (χ1v) is 6.54. The summed E-state index contributed by atoms with van der Waals surface area (Å²) in [6, 6.07) is 3.76. The summed E-state index contributed by atoms with van der Waals surface area (Å²) in [7, 11) is 1.73. The van der Waals surface area contributed by atoms with Crippen LogP contribution in [0.2, 0.25) is 0 Å². The van der Waals surface area contributed by atoms with Gasteiger partial charge in [-0.1, -0.05) is 5.92 Å². The monoisotopic (exact) mass is 261 g/mol. The van der Waals surface area contributed by atoms with Crippen LogP contribution in [0.4, 0.5) is 0 Å². The number of ether oxygens (including phenoxy) is 3. The standard InChI is InChI=1S/C15H19NO3/c1-3-18-8-4-5-12-6-7-13(11-16-12)19-15-9-14(10-15)17-2/h6-7,11,14-15H,3,8-10H2,1-2H3. The van der Waals surface area contributed by atoms with Crippen molar-refractivity contribution in [3.63, 3.8) is 0 Å². The summed E-state index contributed by atoms with van der Waals surface area (Å²) in [5.41, 5.74) is 0.732. The van der Waals surface area contributed by atoms with Crippen LogP contribution in [-0.4, -0.2) is 37.5 Å². The summed E-state index contributed by atoms with van der Waals surface area (Å²) in [6.07, 6.45) is 4.22. The minimum absolute atomic E-state index is 0.252. The van der Waals surface area contributed by atoms with Gasteiger partial charge in [0.15, 0.2) is 0 Å². The van der Waals surface area contributed by atoms with E-state index in [9.17, 15) is 0 Å². The number of hydrogen-bond donors (Lipinski definition) is 0. The van der Waals surface area contributed by atoms with E-state index in [0.29, 0.717) is 19.3 Å². The predicted octanol–water partition coefficient (Wildman–Crippen LogP) is 2.03. The zero-order valence-corrected chi connectivity index (χ0v) is 11.4. The Morgan fingerprint density at radius 2 is 2.16 bits per heavy atom. The van der Waals surface area contributed by atoms with E-state index in [1.807, 2.05) is 19.1 Å². The van der Waals surface area contributed by atoms with E-state index < -0.39 is 0 Å². The Kier molecular flexibility index (Phi) is 5.20. The van der Waals surface area contributed by atoms with Gasteiger partial charge < -0.3 is 14.2 Å². The maximum Gasteiger partial charge on any atom is 0.138 e. The number of aromatic nitrogens is 1. The Bertz CT molecular complexity index is 441. The van der Waals surface area contributed by atoms with E-state index in [2.05, 4.69) is 16.8 Å². The number of nitrogens with zero attached hydrogens (tertiary/aromatic N) is 1.